The summed E-state index contributed by atoms with van der Waals surface area (Å²) in [6.45, 7) is 2.20. The molecule has 1 aliphatic carbocycles. The molecular formula is C22H22ClNO2. The van der Waals surface area contributed by atoms with Crippen LogP contribution in [-0.4, -0.2) is 11.6 Å². The third-order valence-electron chi connectivity index (χ3n) is 4.60. The lowest BCUT2D eigenvalue weighted by Crippen LogP contribution is -2.24. The number of nitrogens with one attached hydrogen (secondary N) is 1. The van der Waals surface area contributed by atoms with E-state index in [1.54, 1.807) is 24.3 Å². The fourth-order valence-corrected chi connectivity index (χ4v) is 3.35. The highest BCUT2D eigenvalue weighted by Crippen LogP contribution is 2.29. The number of carbonyl (C=O) groups is 2. The smallest absolute Gasteiger partial charge is 0.211 e. The van der Waals surface area contributed by atoms with Crippen LogP contribution in [0.3, 0.4) is 0 Å². The van der Waals surface area contributed by atoms with Gasteiger partial charge in [0.2, 0.25) is 11.6 Å². The minimum atomic E-state index is -0.322. The second kappa shape index (κ2) is 8.33. The maximum absolute atomic E-state index is 12.7. The molecular weight excluding hydrogens is 346 g/mol. The van der Waals surface area contributed by atoms with Gasteiger partial charge in [0.25, 0.3) is 0 Å². The van der Waals surface area contributed by atoms with Crippen LogP contribution in [0.25, 0.3) is 0 Å². The van der Waals surface area contributed by atoms with Crippen molar-refractivity contribution >= 4 is 28.9 Å². The molecule has 2 aromatic carbocycles. The summed E-state index contributed by atoms with van der Waals surface area (Å²) < 4.78 is 0. The topological polar surface area (TPSA) is 46.2 Å². The Labute approximate surface area is 159 Å². The van der Waals surface area contributed by atoms with Crippen LogP contribution in [0.5, 0.6) is 0 Å². The average Bonchev–Trinajstić information content (AvgIpc) is 2.68. The minimum Gasteiger partial charge on any atom is -0.351 e. The van der Waals surface area contributed by atoms with E-state index in [9.17, 15) is 9.59 Å². The first kappa shape index (κ1) is 18.4. The van der Waals surface area contributed by atoms with Crippen molar-refractivity contribution < 1.29 is 9.59 Å². The lowest BCUT2D eigenvalue weighted by Gasteiger charge is -2.19. The molecule has 3 nitrogen and oxygen atoms in total. The van der Waals surface area contributed by atoms with E-state index in [-0.39, 0.29) is 22.3 Å². The molecule has 134 valence electrons. The lowest BCUT2D eigenvalue weighted by molar-refractivity contribution is 0.0982. The molecule has 1 aliphatic rings. The van der Waals surface area contributed by atoms with E-state index in [0.717, 1.165) is 12.1 Å². The van der Waals surface area contributed by atoms with E-state index in [1.807, 2.05) is 24.3 Å². The van der Waals surface area contributed by atoms with Gasteiger partial charge in [-0.25, -0.2) is 0 Å². The molecule has 0 saturated carbocycles. The van der Waals surface area contributed by atoms with E-state index >= 15 is 0 Å². The predicted molar refractivity (Wildman–Crippen MR) is 106 cm³/mol. The molecule has 1 N–H and O–H groups in total. The molecule has 3 rings (SSSR count). The van der Waals surface area contributed by atoms with Crippen molar-refractivity contribution in [2.45, 2.75) is 39.0 Å². The second-order valence-electron chi connectivity index (χ2n) is 6.53. The van der Waals surface area contributed by atoms with Gasteiger partial charge in [0.1, 0.15) is 10.7 Å². The molecule has 4 heteroatoms. The maximum atomic E-state index is 12.7. The van der Waals surface area contributed by atoms with Gasteiger partial charge < -0.3 is 5.32 Å². The highest BCUT2D eigenvalue weighted by Gasteiger charge is 2.31. The zero-order chi connectivity index (χ0) is 18.5. The summed E-state index contributed by atoms with van der Waals surface area (Å²) in [5.74, 6) is -0.578. The van der Waals surface area contributed by atoms with Crippen LogP contribution in [0.15, 0.2) is 59.3 Å². The number of benzene rings is 2. The van der Waals surface area contributed by atoms with Crippen molar-refractivity contribution in [3.63, 3.8) is 0 Å². The Bertz CT molecular complexity index is 853. The number of fused-ring (bicyclic) bond motifs is 1. The highest BCUT2D eigenvalue weighted by atomic mass is 35.5. The lowest BCUT2D eigenvalue weighted by atomic mass is 9.92. The average molecular weight is 368 g/mol. The number of ketones is 2. The van der Waals surface area contributed by atoms with Gasteiger partial charge in [0, 0.05) is 16.8 Å². The number of Topliss-reactive ketones (excluding diaryl/α,β-unsaturated/α-hetero) is 2. The summed E-state index contributed by atoms with van der Waals surface area (Å²) in [5, 5.41) is 2.97. The summed E-state index contributed by atoms with van der Waals surface area (Å²) in [7, 11) is 0. The summed E-state index contributed by atoms with van der Waals surface area (Å²) in [6.07, 6.45) is 5.98. The molecule has 0 saturated heterocycles. The largest absolute Gasteiger partial charge is 0.351 e. The number of hydrogen-bond donors (Lipinski definition) is 1. The Morgan fingerprint density at radius 2 is 1.50 bits per heavy atom. The standard InChI is InChI=1S/C22H22ClNO2/c1-2-3-4-5-8-15-11-13-16(14-12-15)24-20-19(23)21(25)17-9-6-7-10-18(17)22(20)26/h6-7,9-14,24H,2-5,8H2,1H3. The van der Waals surface area contributed by atoms with Gasteiger partial charge >= 0.3 is 0 Å². The molecule has 0 aliphatic heterocycles. The molecule has 0 unspecified atom stereocenters. The van der Waals surface area contributed by atoms with E-state index < -0.39 is 0 Å². The number of hydrogen-bond acceptors (Lipinski definition) is 3. The highest BCUT2D eigenvalue weighted by molar-refractivity contribution is 6.50. The van der Waals surface area contributed by atoms with Crippen LogP contribution >= 0.6 is 11.6 Å². The molecule has 0 radical (unpaired) electrons. The number of unbranched alkanes of at least 4 members (excludes halogenated alkanes) is 3. The number of allylic oxidation sites excluding steroid dienone is 2. The Balaban J connectivity index is 1.73. The molecule has 0 bridgehead atoms. The first-order chi connectivity index (χ1) is 12.6. The van der Waals surface area contributed by atoms with Crippen molar-refractivity contribution in [1.82, 2.24) is 0 Å². The molecule has 0 heterocycles. The van der Waals surface area contributed by atoms with Gasteiger partial charge in [0.05, 0.1) is 0 Å². The van der Waals surface area contributed by atoms with E-state index in [4.69, 9.17) is 11.6 Å². The van der Waals surface area contributed by atoms with Gasteiger partial charge in [-0.3, -0.25) is 9.59 Å². The number of carbonyl (C=O) groups excluding carboxylic acids is 2. The van der Waals surface area contributed by atoms with E-state index in [1.165, 1.54) is 31.2 Å². The summed E-state index contributed by atoms with van der Waals surface area (Å²) in [4.78, 5) is 25.1. The SMILES string of the molecule is CCCCCCc1ccc(NC2=C(Cl)C(=O)c3ccccc3C2=O)cc1. The Hall–Kier alpha value is -2.39. The number of halogens is 1. The first-order valence-electron chi connectivity index (χ1n) is 9.06. The van der Waals surface area contributed by atoms with Gasteiger partial charge in [-0.1, -0.05) is 74.2 Å². The summed E-state index contributed by atoms with van der Waals surface area (Å²) in [6, 6.07) is 14.7. The third kappa shape index (κ3) is 3.88. The fourth-order valence-electron chi connectivity index (χ4n) is 3.11. The van der Waals surface area contributed by atoms with E-state index in [0.29, 0.717) is 11.1 Å². The van der Waals surface area contributed by atoms with Crippen LogP contribution in [0.2, 0.25) is 0 Å². The van der Waals surface area contributed by atoms with Gasteiger partial charge in [0.15, 0.2) is 0 Å². The van der Waals surface area contributed by atoms with Crippen LogP contribution in [0.4, 0.5) is 5.69 Å². The molecule has 0 aromatic heterocycles. The van der Waals surface area contributed by atoms with Crippen LogP contribution in [0, 0.1) is 0 Å². The van der Waals surface area contributed by atoms with Gasteiger partial charge in [-0.15, -0.1) is 0 Å². The third-order valence-corrected chi connectivity index (χ3v) is 4.97. The zero-order valence-electron chi connectivity index (χ0n) is 14.8. The molecule has 0 amide bonds. The number of anilines is 1. The second-order valence-corrected chi connectivity index (χ2v) is 6.90. The molecule has 0 fully saturated rings. The quantitative estimate of drug-likeness (QED) is 0.633. The molecule has 0 spiro atoms. The normalized spacial score (nSPS) is 13.8. The molecule has 0 atom stereocenters. The summed E-state index contributed by atoms with van der Waals surface area (Å²) in [5.41, 5.74) is 2.90. The summed E-state index contributed by atoms with van der Waals surface area (Å²) >= 11 is 6.18. The molecule has 2 aromatic rings. The maximum Gasteiger partial charge on any atom is 0.211 e. The van der Waals surface area contributed by atoms with Gasteiger partial charge in [-0.05, 0) is 30.5 Å². The van der Waals surface area contributed by atoms with Crippen LogP contribution < -0.4 is 5.32 Å². The minimum absolute atomic E-state index is 0.0580. The van der Waals surface area contributed by atoms with Gasteiger partial charge in [-0.2, -0.15) is 0 Å². The number of rotatable bonds is 7. The van der Waals surface area contributed by atoms with Crippen molar-refractivity contribution in [3.8, 4) is 0 Å². The van der Waals surface area contributed by atoms with Crippen molar-refractivity contribution in [2.75, 3.05) is 5.32 Å². The first-order valence-corrected chi connectivity index (χ1v) is 9.43. The molecule has 26 heavy (non-hydrogen) atoms. The van der Waals surface area contributed by atoms with Crippen LogP contribution in [0.1, 0.15) is 58.9 Å². The fraction of sp³-hybridized carbons (Fsp3) is 0.273. The predicted octanol–water partition coefficient (Wildman–Crippen LogP) is 5.75. The Morgan fingerprint density at radius 1 is 0.846 bits per heavy atom. The van der Waals surface area contributed by atoms with E-state index in [2.05, 4.69) is 12.2 Å². The van der Waals surface area contributed by atoms with Crippen molar-refractivity contribution in [1.29, 1.82) is 0 Å². The monoisotopic (exact) mass is 367 g/mol. The zero-order valence-corrected chi connectivity index (χ0v) is 15.6. The van der Waals surface area contributed by atoms with Crippen LogP contribution in [-0.2, 0) is 6.42 Å². The van der Waals surface area contributed by atoms with Crippen molar-refractivity contribution in [3.05, 3.63) is 76.0 Å². The Morgan fingerprint density at radius 3 is 2.15 bits per heavy atom. The Kier molecular flexibility index (Phi) is 5.89. The van der Waals surface area contributed by atoms with Crippen molar-refractivity contribution in [2.24, 2.45) is 0 Å². The number of aryl methyl sites for hydroxylation is 1.